The lowest BCUT2D eigenvalue weighted by Crippen LogP contribution is -2.33. The molecule has 0 bridgehead atoms. The Hall–Kier alpha value is -1.55. The third-order valence-electron chi connectivity index (χ3n) is 3.40. The number of nitrogens with one attached hydrogen (secondary N) is 2. The molecule has 0 saturated carbocycles. The second-order valence-electron chi connectivity index (χ2n) is 4.66. The van der Waals surface area contributed by atoms with E-state index in [4.69, 9.17) is 4.74 Å². The molecule has 4 heteroatoms. The second kappa shape index (κ2) is 5.87. The standard InChI is InChI=1S/C14H20N2O2/c1-10(12-5-3-4-6-13(12)18-2)16-14(17)11-7-8-15-9-11/h3-6,10-11,15H,7-9H2,1-2H3,(H,16,17)/t10-,11?/m1/s1. The predicted molar refractivity (Wildman–Crippen MR) is 70.5 cm³/mol. The van der Waals surface area contributed by atoms with Gasteiger partial charge in [-0.15, -0.1) is 0 Å². The summed E-state index contributed by atoms with van der Waals surface area (Å²) >= 11 is 0. The molecule has 98 valence electrons. The molecule has 2 atom stereocenters. The number of hydrogen-bond donors (Lipinski definition) is 2. The molecule has 2 N–H and O–H groups in total. The zero-order chi connectivity index (χ0) is 13.0. The maximum atomic E-state index is 12.0. The van der Waals surface area contributed by atoms with Gasteiger partial charge in [0.2, 0.25) is 5.91 Å². The van der Waals surface area contributed by atoms with Gasteiger partial charge in [0.25, 0.3) is 0 Å². The third-order valence-corrected chi connectivity index (χ3v) is 3.40. The first-order chi connectivity index (χ1) is 8.72. The van der Waals surface area contributed by atoms with Gasteiger partial charge in [-0.05, 0) is 26.0 Å². The molecule has 1 amide bonds. The van der Waals surface area contributed by atoms with Gasteiger partial charge in [-0.3, -0.25) is 4.79 Å². The maximum absolute atomic E-state index is 12.0. The monoisotopic (exact) mass is 248 g/mol. The van der Waals surface area contributed by atoms with Crippen LogP contribution < -0.4 is 15.4 Å². The molecule has 18 heavy (non-hydrogen) atoms. The van der Waals surface area contributed by atoms with Crippen LogP contribution in [0.25, 0.3) is 0 Å². The number of carbonyl (C=O) groups is 1. The molecule has 0 aromatic heterocycles. The SMILES string of the molecule is COc1ccccc1[C@@H](C)NC(=O)C1CCNC1. The van der Waals surface area contributed by atoms with E-state index in [1.54, 1.807) is 7.11 Å². The summed E-state index contributed by atoms with van der Waals surface area (Å²) in [5, 5.41) is 6.26. The van der Waals surface area contributed by atoms with Gasteiger partial charge in [0.1, 0.15) is 5.75 Å². The molecular formula is C14H20N2O2. The van der Waals surface area contributed by atoms with Crippen LogP contribution in [0.2, 0.25) is 0 Å². The Balaban J connectivity index is 2.02. The number of hydrogen-bond acceptors (Lipinski definition) is 3. The van der Waals surface area contributed by atoms with Crippen molar-refractivity contribution in [1.29, 1.82) is 0 Å². The Labute approximate surface area is 108 Å². The van der Waals surface area contributed by atoms with Crippen LogP contribution in [0.4, 0.5) is 0 Å². The van der Waals surface area contributed by atoms with Crippen molar-refractivity contribution in [2.75, 3.05) is 20.2 Å². The first-order valence-electron chi connectivity index (χ1n) is 6.36. The van der Waals surface area contributed by atoms with Crippen LogP contribution in [-0.2, 0) is 4.79 Å². The molecule has 1 aromatic rings. The highest BCUT2D eigenvalue weighted by molar-refractivity contribution is 5.79. The van der Waals surface area contributed by atoms with Gasteiger partial charge in [0, 0.05) is 12.1 Å². The highest BCUT2D eigenvalue weighted by atomic mass is 16.5. The zero-order valence-corrected chi connectivity index (χ0v) is 10.9. The van der Waals surface area contributed by atoms with E-state index in [0.29, 0.717) is 0 Å². The minimum atomic E-state index is -0.0331. The van der Waals surface area contributed by atoms with E-state index < -0.39 is 0 Å². The summed E-state index contributed by atoms with van der Waals surface area (Å²) in [6, 6.07) is 7.75. The molecule has 1 fully saturated rings. The Kier molecular flexibility index (Phi) is 4.20. The summed E-state index contributed by atoms with van der Waals surface area (Å²) in [5.41, 5.74) is 1.01. The Morgan fingerprint density at radius 3 is 2.94 bits per heavy atom. The van der Waals surface area contributed by atoms with Crippen molar-refractivity contribution in [3.8, 4) is 5.75 Å². The minimum absolute atomic E-state index is 0.0331. The number of carbonyl (C=O) groups excluding carboxylic acids is 1. The Morgan fingerprint density at radius 1 is 1.50 bits per heavy atom. The number of amides is 1. The van der Waals surface area contributed by atoms with E-state index in [9.17, 15) is 4.79 Å². The van der Waals surface area contributed by atoms with E-state index in [0.717, 1.165) is 30.8 Å². The first kappa shape index (κ1) is 12.9. The quantitative estimate of drug-likeness (QED) is 0.848. The minimum Gasteiger partial charge on any atom is -0.496 e. The van der Waals surface area contributed by atoms with E-state index in [2.05, 4.69) is 10.6 Å². The highest BCUT2D eigenvalue weighted by Crippen LogP contribution is 2.24. The fourth-order valence-corrected chi connectivity index (χ4v) is 2.31. The van der Waals surface area contributed by atoms with Crippen LogP contribution in [0, 0.1) is 5.92 Å². The number of methoxy groups -OCH3 is 1. The normalized spacial score (nSPS) is 20.4. The van der Waals surface area contributed by atoms with Crippen molar-refractivity contribution in [2.24, 2.45) is 5.92 Å². The summed E-state index contributed by atoms with van der Waals surface area (Å²) in [4.78, 5) is 12.0. The molecular weight excluding hydrogens is 228 g/mol. The highest BCUT2D eigenvalue weighted by Gasteiger charge is 2.24. The molecule has 1 aliphatic heterocycles. The molecule has 2 rings (SSSR count). The van der Waals surface area contributed by atoms with Crippen LogP contribution in [-0.4, -0.2) is 26.1 Å². The lowest BCUT2D eigenvalue weighted by atomic mass is 10.0. The van der Waals surface area contributed by atoms with Crippen LogP contribution in [0.5, 0.6) is 5.75 Å². The van der Waals surface area contributed by atoms with Crippen LogP contribution in [0.15, 0.2) is 24.3 Å². The molecule has 0 aliphatic carbocycles. The summed E-state index contributed by atoms with van der Waals surface area (Å²) in [7, 11) is 1.65. The van der Waals surface area contributed by atoms with Gasteiger partial charge in [-0.2, -0.15) is 0 Å². The van der Waals surface area contributed by atoms with Gasteiger partial charge < -0.3 is 15.4 Å². The first-order valence-corrected chi connectivity index (χ1v) is 6.36. The number of rotatable bonds is 4. The summed E-state index contributed by atoms with van der Waals surface area (Å²) in [6.07, 6.45) is 0.921. The van der Waals surface area contributed by atoms with Crippen molar-refractivity contribution in [3.05, 3.63) is 29.8 Å². The van der Waals surface area contributed by atoms with Crippen molar-refractivity contribution >= 4 is 5.91 Å². The van der Waals surface area contributed by atoms with Gasteiger partial charge in [-0.25, -0.2) is 0 Å². The van der Waals surface area contributed by atoms with Crippen molar-refractivity contribution < 1.29 is 9.53 Å². The number of para-hydroxylation sites is 1. The van der Waals surface area contributed by atoms with E-state index in [1.165, 1.54) is 0 Å². The molecule has 1 aliphatic rings. The van der Waals surface area contributed by atoms with Gasteiger partial charge in [0.15, 0.2) is 0 Å². The average molecular weight is 248 g/mol. The van der Waals surface area contributed by atoms with Crippen LogP contribution >= 0.6 is 0 Å². The molecule has 1 saturated heterocycles. The summed E-state index contributed by atoms with van der Waals surface area (Å²) in [5.74, 6) is 1.04. The lowest BCUT2D eigenvalue weighted by molar-refractivity contribution is -0.125. The molecule has 1 unspecified atom stereocenters. The zero-order valence-electron chi connectivity index (χ0n) is 10.9. The van der Waals surface area contributed by atoms with Crippen LogP contribution in [0.1, 0.15) is 24.9 Å². The van der Waals surface area contributed by atoms with Gasteiger partial charge >= 0.3 is 0 Å². The molecule has 1 aromatic carbocycles. The van der Waals surface area contributed by atoms with Crippen LogP contribution in [0.3, 0.4) is 0 Å². The Bertz CT molecular complexity index is 414. The molecule has 0 radical (unpaired) electrons. The second-order valence-corrected chi connectivity index (χ2v) is 4.66. The molecule has 0 spiro atoms. The molecule has 1 heterocycles. The molecule has 4 nitrogen and oxygen atoms in total. The predicted octanol–water partition coefficient (Wildman–Crippen LogP) is 1.48. The van der Waals surface area contributed by atoms with Crippen molar-refractivity contribution in [1.82, 2.24) is 10.6 Å². The third kappa shape index (κ3) is 2.82. The van der Waals surface area contributed by atoms with E-state index >= 15 is 0 Å². The Morgan fingerprint density at radius 2 is 2.28 bits per heavy atom. The van der Waals surface area contributed by atoms with Gasteiger partial charge in [-0.1, -0.05) is 18.2 Å². The average Bonchev–Trinajstić information content (AvgIpc) is 2.92. The smallest absolute Gasteiger partial charge is 0.224 e. The topological polar surface area (TPSA) is 50.4 Å². The van der Waals surface area contributed by atoms with E-state index in [-0.39, 0.29) is 17.9 Å². The largest absolute Gasteiger partial charge is 0.496 e. The lowest BCUT2D eigenvalue weighted by Gasteiger charge is -2.19. The van der Waals surface area contributed by atoms with Gasteiger partial charge in [0.05, 0.1) is 19.1 Å². The maximum Gasteiger partial charge on any atom is 0.224 e. The summed E-state index contributed by atoms with van der Waals surface area (Å²) < 4.78 is 5.31. The summed E-state index contributed by atoms with van der Waals surface area (Å²) in [6.45, 7) is 3.70. The fourth-order valence-electron chi connectivity index (χ4n) is 2.31. The van der Waals surface area contributed by atoms with E-state index in [1.807, 2.05) is 31.2 Å². The number of ether oxygens (including phenoxy) is 1. The van der Waals surface area contributed by atoms with Crippen molar-refractivity contribution in [3.63, 3.8) is 0 Å². The number of benzene rings is 1. The van der Waals surface area contributed by atoms with Crippen molar-refractivity contribution in [2.45, 2.75) is 19.4 Å². The fraction of sp³-hybridized carbons (Fsp3) is 0.500.